The number of hydrogen-bond acceptors (Lipinski definition) is 5. The minimum atomic E-state index is -0.296. The smallest absolute Gasteiger partial charge is 0.264 e. The first kappa shape index (κ1) is 20.3. The number of benzene rings is 3. The lowest BCUT2D eigenvalue weighted by Gasteiger charge is -2.15. The number of carbonyl (C=O) groups excluding carboxylic acids is 1. The summed E-state index contributed by atoms with van der Waals surface area (Å²) < 4.78 is 11.8. The summed E-state index contributed by atoms with van der Waals surface area (Å²) >= 11 is 7.60. The van der Waals surface area contributed by atoms with Gasteiger partial charge >= 0.3 is 0 Å². The second-order valence-electron chi connectivity index (χ2n) is 6.58. The van der Waals surface area contributed by atoms with Crippen molar-refractivity contribution < 1.29 is 14.3 Å². The molecule has 1 saturated heterocycles. The molecule has 0 spiro atoms. The number of rotatable bonds is 6. The molecule has 30 heavy (non-hydrogen) atoms. The van der Waals surface area contributed by atoms with Gasteiger partial charge in [-0.05, 0) is 58.8 Å². The number of nitrogens with one attached hydrogen (secondary N) is 2. The van der Waals surface area contributed by atoms with Crippen molar-refractivity contribution in [2.24, 2.45) is 0 Å². The zero-order valence-corrected chi connectivity index (χ0v) is 17.8. The van der Waals surface area contributed by atoms with Crippen molar-refractivity contribution in [1.82, 2.24) is 5.32 Å². The van der Waals surface area contributed by atoms with Gasteiger partial charge < -0.3 is 14.8 Å². The SMILES string of the molecule is CCOc1cc(C=C2SC(=N)NC2=O)cc(Cl)c1OCc1cccc2ccccc12. The van der Waals surface area contributed by atoms with Crippen LogP contribution in [-0.2, 0) is 11.4 Å². The summed E-state index contributed by atoms with van der Waals surface area (Å²) in [7, 11) is 0. The van der Waals surface area contributed by atoms with Crippen molar-refractivity contribution in [1.29, 1.82) is 5.41 Å². The summed E-state index contributed by atoms with van der Waals surface area (Å²) in [6, 6.07) is 17.8. The van der Waals surface area contributed by atoms with Crippen molar-refractivity contribution >= 4 is 51.3 Å². The van der Waals surface area contributed by atoms with Crippen molar-refractivity contribution in [2.45, 2.75) is 13.5 Å². The Hall–Kier alpha value is -2.96. The van der Waals surface area contributed by atoms with Gasteiger partial charge in [0.15, 0.2) is 16.7 Å². The van der Waals surface area contributed by atoms with Gasteiger partial charge in [-0.25, -0.2) is 0 Å². The molecule has 2 N–H and O–H groups in total. The predicted octanol–water partition coefficient (Wildman–Crippen LogP) is 5.61. The van der Waals surface area contributed by atoms with Gasteiger partial charge in [0.05, 0.1) is 16.5 Å². The predicted molar refractivity (Wildman–Crippen MR) is 122 cm³/mol. The maximum atomic E-state index is 11.9. The Morgan fingerprint density at radius 1 is 1.13 bits per heavy atom. The lowest BCUT2D eigenvalue weighted by molar-refractivity contribution is -0.115. The normalized spacial score (nSPS) is 14.9. The Morgan fingerprint density at radius 3 is 2.70 bits per heavy atom. The van der Waals surface area contributed by atoms with E-state index < -0.39 is 0 Å². The topological polar surface area (TPSA) is 71.4 Å². The number of carbonyl (C=O) groups is 1. The molecule has 0 bridgehead atoms. The highest BCUT2D eigenvalue weighted by Gasteiger charge is 2.23. The van der Waals surface area contributed by atoms with Gasteiger partial charge in [0, 0.05) is 0 Å². The average Bonchev–Trinajstić information content (AvgIpc) is 3.04. The summed E-state index contributed by atoms with van der Waals surface area (Å²) in [6.45, 7) is 2.67. The second kappa shape index (κ2) is 8.81. The molecule has 1 aliphatic heterocycles. The summed E-state index contributed by atoms with van der Waals surface area (Å²) in [5, 5.41) is 12.8. The molecule has 152 valence electrons. The number of amides is 1. The second-order valence-corrected chi connectivity index (χ2v) is 8.04. The van der Waals surface area contributed by atoms with Crippen LogP contribution in [0.25, 0.3) is 16.8 Å². The molecule has 7 heteroatoms. The highest BCUT2D eigenvalue weighted by atomic mass is 35.5. The molecule has 1 heterocycles. The molecule has 0 saturated carbocycles. The highest BCUT2D eigenvalue weighted by molar-refractivity contribution is 8.18. The van der Waals surface area contributed by atoms with Crippen molar-refractivity contribution in [3.63, 3.8) is 0 Å². The molecule has 3 aromatic rings. The van der Waals surface area contributed by atoms with Crippen LogP contribution in [0.2, 0.25) is 5.02 Å². The maximum absolute atomic E-state index is 11.9. The third-order valence-corrected chi connectivity index (χ3v) is 5.65. The molecule has 1 fully saturated rings. The van der Waals surface area contributed by atoms with Gasteiger partial charge in [-0.2, -0.15) is 0 Å². The third kappa shape index (κ3) is 4.30. The van der Waals surface area contributed by atoms with Crippen molar-refractivity contribution in [3.8, 4) is 11.5 Å². The quantitative estimate of drug-likeness (QED) is 0.491. The van der Waals surface area contributed by atoms with Crippen LogP contribution in [0.3, 0.4) is 0 Å². The lowest BCUT2D eigenvalue weighted by atomic mass is 10.1. The molecule has 0 aliphatic carbocycles. The third-order valence-electron chi connectivity index (χ3n) is 4.54. The first-order valence-electron chi connectivity index (χ1n) is 9.40. The monoisotopic (exact) mass is 438 g/mol. The van der Waals surface area contributed by atoms with E-state index in [-0.39, 0.29) is 11.1 Å². The zero-order valence-electron chi connectivity index (χ0n) is 16.2. The Kier molecular flexibility index (Phi) is 5.97. The molecule has 0 radical (unpaired) electrons. The molecule has 4 rings (SSSR count). The van der Waals surface area contributed by atoms with E-state index in [4.69, 9.17) is 26.5 Å². The number of thioether (sulfide) groups is 1. The van der Waals surface area contributed by atoms with E-state index >= 15 is 0 Å². The van der Waals surface area contributed by atoms with Crippen LogP contribution in [0.1, 0.15) is 18.1 Å². The first-order valence-corrected chi connectivity index (χ1v) is 10.6. The highest BCUT2D eigenvalue weighted by Crippen LogP contribution is 2.39. The first-order chi connectivity index (χ1) is 14.5. The fourth-order valence-corrected chi connectivity index (χ4v) is 4.21. The number of halogens is 1. The van der Waals surface area contributed by atoms with Crippen molar-refractivity contribution in [3.05, 3.63) is 75.7 Å². The fourth-order valence-electron chi connectivity index (χ4n) is 3.24. The van der Waals surface area contributed by atoms with Crippen molar-refractivity contribution in [2.75, 3.05) is 6.61 Å². The summed E-state index contributed by atoms with van der Waals surface area (Å²) in [4.78, 5) is 12.3. The molecule has 1 aliphatic rings. The van der Waals surface area contributed by atoms with Gasteiger partial charge in [-0.1, -0.05) is 54.1 Å². The molecule has 0 aromatic heterocycles. The van der Waals surface area contributed by atoms with Crippen LogP contribution in [-0.4, -0.2) is 17.7 Å². The number of hydrogen-bond donors (Lipinski definition) is 2. The molecular weight excluding hydrogens is 420 g/mol. The van der Waals surface area contributed by atoms with Crippen LogP contribution in [0.4, 0.5) is 0 Å². The number of fused-ring (bicyclic) bond motifs is 1. The summed E-state index contributed by atoms with van der Waals surface area (Å²) in [6.07, 6.45) is 1.68. The van der Waals surface area contributed by atoms with E-state index in [0.29, 0.717) is 40.2 Å². The van der Waals surface area contributed by atoms with E-state index in [1.54, 1.807) is 18.2 Å². The Morgan fingerprint density at radius 2 is 1.93 bits per heavy atom. The van der Waals surface area contributed by atoms with Gasteiger partial charge in [0.1, 0.15) is 6.61 Å². The molecule has 3 aromatic carbocycles. The van der Waals surface area contributed by atoms with E-state index in [2.05, 4.69) is 23.5 Å². The van der Waals surface area contributed by atoms with E-state index in [9.17, 15) is 4.79 Å². The lowest BCUT2D eigenvalue weighted by Crippen LogP contribution is -2.18. The minimum Gasteiger partial charge on any atom is -0.490 e. The van der Waals surface area contributed by atoms with Crippen LogP contribution in [0, 0.1) is 5.41 Å². The Bertz CT molecular complexity index is 1170. The standard InChI is InChI=1S/C23H19ClN2O3S/c1-2-28-19-11-14(12-20-22(27)26-23(25)30-20)10-18(24)21(19)29-13-16-8-5-7-15-6-3-4-9-17(15)16/h3-12H,2,13H2,1H3,(H2,25,26,27). The van der Waals surface area contributed by atoms with Crippen LogP contribution in [0.15, 0.2) is 59.5 Å². The van der Waals surface area contributed by atoms with Gasteiger partial charge in [0.2, 0.25) is 0 Å². The Balaban J connectivity index is 1.63. The molecule has 0 atom stereocenters. The fraction of sp³-hybridized carbons (Fsp3) is 0.130. The van der Waals surface area contributed by atoms with Crippen LogP contribution < -0.4 is 14.8 Å². The number of ether oxygens (including phenoxy) is 2. The molecule has 1 amide bonds. The summed E-state index contributed by atoms with van der Waals surface area (Å²) in [5.41, 5.74) is 1.75. The van der Waals surface area contributed by atoms with E-state index in [1.165, 1.54) is 0 Å². The van der Waals surface area contributed by atoms with Gasteiger partial charge in [0.25, 0.3) is 5.91 Å². The molecule has 0 unspecified atom stereocenters. The molecule has 5 nitrogen and oxygen atoms in total. The Labute approximate surface area is 183 Å². The van der Waals surface area contributed by atoms with E-state index in [0.717, 1.165) is 28.1 Å². The van der Waals surface area contributed by atoms with E-state index in [1.807, 2.05) is 31.2 Å². The summed E-state index contributed by atoms with van der Waals surface area (Å²) in [5.74, 6) is 0.677. The van der Waals surface area contributed by atoms with Gasteiger partial charge in [-0.3, -0.25) is 10.2 Å². The van der Waals surface area contributed by atoms with Crippen LogP contribution in [0.5, 0.6) is 11.5 Å². The minimum absolute atomic E-state index is 0.109. The maximum Gasteiger partial charge on any atom is 0.264 e. The molecular formula is C23H19ClN2O3S. The average molecular weight is 439 g/mol. The van der Waals surface area contributed by atoms with Crippen LogP contribution >= 0.6 is 23.4 Å². The number of amidine groups is 1. The van der Waals surface area contributed by atoms with Gasteiger partial charge in [-0.15, -0.1) is 0 Å². The largest absolute Gasteiger partial charge is 0.490 e. The zero-order chi connectivity index (χ0) is 21.1.